The molecule has 0 aliphatic rings. The number of hydrogen-bond acceptors (Lipinski definition) is 3. The van der Waals surface area contributed by atoms with Crippen molar-refractivity contribution in [1.82, 2.24) is 14.1 Å². The average Bonchev–Trinajstić information content (AvgIpc) is 0.883. The maximum atomic E-state index is 7.08. The Bertz CT molecular complexity index is 5760. The first-order chi connectivity index (χ1) is 50.2. The van der Waals surface area contributed by atoms with Crippen LogP contribution >= 0.6 is 0 Å². The first-order valence-corrected chi connectivity index (χ1v) is 39.0. The quantitative estimate of drug-likeness (QED) is 0.0445. The summed E-state index contributed by atoms with van der Waals surface area (Å²) in [7, 11) is -5.96. The number of aromatic nitrogens is 4. The third-order valence-electron chi connectivity index (χ3n) is 20.7. The largest absolute Gasteiger partial charge is 0.458 e. The standard InChI is InChI=1S/C94H70N4O2Si2/c1-94(2,3)68-56-57-95-92(60-68)98-88-62-71(54-55-82(88)84-64-91-85(63-89(84)98)83-48-22-25-53-90(83)100-91)99-70-33-28-32-69(61-70)96-65-97(87-52-24-23-51-86(87)96)93-80(66-30-26-46-78(58-66)101(72-34-10-4-11-35-72,73-36-12-5-13-37-73)74-38-14-6-15-39-74)49-29-50-81(93)67-31-27-47-79(59-67)102(75-40-16-7-17-41-75,76-42-18-8-19-43-76)77-44-20-9-21-45-77/h4-64H,1-3H3. The summed E-state index contributed by atoms with van der Waals surface area (Å²) in [5, 5.41) is 14.8. The predicted octanol–water partition coefficient (Wildman–Crippen LogP) is 17.3. The molecule has 0 atom stereocenters. The van der Waals surface area contributed by atoms with Gasteiger partial charge in [0.05, 0.1) is 33.4 Å². The Labute approximate surface area is 595 Å². The van der Waals surface area contributed by atoms with Gasteiger partial charge >= 0.3 is 0 Å². The number of hydrogen-bond donors (Lipinski definition) is 0. The molecule has 4 heterocycles. The number of ether oxygens (including phenoxy) is 1. The molecule has 0 aliphatic heterocycles. The van der Waals surface area contributed by atoms with Gasteiger partial charge in [0.25, 0.3) is 6.33 Å². The highest BCUT2D eigenvalue weighted by molar-refractivity contribution is 7.20. The molecule has 18 rings (SSSR count). The fourth-order valence-corrected chi connectivity index (χ4v) is 25.6. The number of benzene rings is 14. The Kier molecular flexibility index (Phi) is 15.4. The summed E-state index contributed by atoms with van der Waals surface area (Å²) in [6.45, 7) is 6.74. The van der Waals surface area contributed by atoms with Gasteiger partial charge < -0.3 is 9.15 Å². The van der Waals surface area contributed by atoms with Crippen LogP contribution in [0.5, 0.6) is 11.5 Å². The van der Waals surface area contributed by atoms with Gasteiger partial charge in [0.1, 0.15) is 28.5 Å². The van der Waals surface area contributed by atoms with Crippen molar-refractivity contribution in [2.24, 2.45) is 0 Å². The number of furan rings is 1. The van der Waals surface area contributed by atoms with Crippen LogP contribution in [0.15, 0.2) is 375 Å². The number of nitrogens with zero attached hydrogens (tertiary/aromatic N) is 4. The van der Waals surface area contributed by atoms with Crippen LogP contribution in [0.25, 0.3) is 94.2 Å². The Morgan fingerprint density at radius 2 is 0.843 bits per heavy atom. The molecule has 8 heteroatoms. The van der Waals surface area contributed by atoms with Crippen molar-refractivity contribution in [2.75, 3.05) is 0 Å². The van der Waals surface area contributed by atoms with Gasteiger partial charge in [-0.05, 0) is 135 Å². The second-order valence-corrected chi connectivity index (χ2v) is 35.2. The van der Waals surface area contributed by atoms with Crippen molar-refractivity contribution in [3.8, 4) is 50.9 Å². The summed E-state index contributed by atoms with van der Waals surface area (Å²) in [5.74, 6) is 2.22. The van der Waals surface area contributed by atoms with Crippen molar-refractivity contribution in [2.45, 2.75) is 26.2 Å². The minimum Gasteiger partial charge on any atom is -0.458 e. The van der Waals surface area contributed by atoms with Gasteiger partial charge in [-0.2, -0.15) is 0 Å². The lowest BCUT2D eigenvalue weighted by Crippen LogP contribution is -2.74. The van der Waals surface area contributed by atoms with Crippen LogP contribution in [0.3, 0.4) is 0 Å². The molecule has 0 spiro atoms. The maximum Gasteiger partial charge on any atom is 0.269 e. The van der Waals surface area contributed by atoms with E-state index in [0.29, 0.717) is 11.5 Å². The zero-order chi connectivity index (χ0) is 68.4. The molecule has 0 fully saturated rings. The normalized spacial score (nSPS) is 12.1. The van der Waals surface area contributed by atoms with Gasteiger partial charge in [-0.3, -0.25) is 13.7 Å². The molecule has 102 heavy (non-hydrogen) atoms. The molecule has 0 amide bonds. The van der Waals surface area contributed by atoms with Gasteiger partial charge in [0.15, 0.2) is 16.1 Å². The molecule has 486 valence electrons. The predicted molar refractivity (Wildman–Crippen MR) is 426 cm³/mol. The second kappa shape index (κ2) is 25.4. The van der Waals surface area contributed by atoms with E-state index in [0.717, 1.165) is 94.2 Å². The van der Waals surface area contributed by atoms with Gasteiger partial charge in [-0.15, -0.1) is 0 Å². The summed E-state index contributed by atoms with van der Waals surface area (Å²) < 4.78 is 20.4. The van der Waals surface area contributed by atoms with Crippen molar-refractivity contribution >= 4 is 112 Å². The van der Waals surface area contributed by atoms with Crippen LogP contribution in [0, 0.1) is 6.33 Å². The van der Waals surface area contributed by atoms with Crippen LogP contribution in [0.1, 0.15) is 26.3 Å². The van der Waals surface area contributed by atoms with Gasteiger partial charge in [-0.25, -0.2) is 4.98 Å². The first-order valence-electron chi connectivity index (χ1n) is 35.0. The molecule has 0 saturated carbocycles. The molecule has 6 nitrogen and oxygen atoms in total. The number of imidazole rings is 1. The summed E-state index contributed by atoms with van der Waals surface area (Å²) in [5.41, 5.74) is 13.1. The molecule has 0 unspecified atom stereocenters. The number of rotatable bonds is 15. The Morgan fingerprint density at radius 3 is 1.40 bits per heavy atom. The SMILES string of the molecule is CC(C)(C)c1ccnc(-n2c3cc(Oc4cccc(-n5[c-][n+](-c6c(-c7cccc([Si](c8ccccc8)(c8ccccc8)c8ccccc8)c7)cccc6-c6cccc([Si](c7ccccc7)(c7ccccc7)c7ccccc7)c6)c6ccccc65)c4)ccc3c3cc4oc5ccccc5c4cc32)c1. The second-order valence-electron chi connectivity index (χ2n) is 27.5. The van der Waals surface area contributed by atoms with Gasteiger partial charge in [0, 0.05) is 33.8 Å². The third-order valence-corrected chi connectivity index (χ3v) is 30.2. The molecule has 0 saturated heterocycles. The lowest BCUT2D eigenvalue weighted by Gasteiger charge is -2.35. The van der Waals surface area contributed by atoms with Crippen LogP contribution in [0.4, 0.5) is 0 Å². The van der Waals surface area contributed by atoms with Crippen molar-refractivity contribution in [1.29, 1.82) is 0 Å². The summed E-state index contributed by atoms with van der Waals surface area (Å²) in [4.78, 5) is 5.07. The molecule has 0 aliphatic carbocycles. The third kappa shape index (κ3) is 10.4. The molecule has 0 radical (unpaired) electrons. The highest BCUT2D eigenvalue weighted by Crippen LogP contribution is 2.41. The highest BCUT2D eigenvalue weighted by atomic mass is 28.3. The highest BCUT2D eigenvalue weighted by Gasteiger charge is 2.43. The van der Waals surface area contributed by atoms with Crippen molar-refractivity contribution in [3.05, 3.63) is 382 Å². The van der Waals surface area contributed by atoms with E-state index >= 15 is 0 Å². The Hall–Kier alpha value is -12.5. The van der Waals surface area contributed by atoms with E-state index in [9.17, 15) is 0 Å². The van der Waals surface area contributed by atoms with E-state index in [2.05, 4.69) is 387 Å². The molecule has 0 N–H and O–H groups in total. The summed E-state index contributed by atoms with van der Waals surface area (Å²) in [6, 6.07) is 134. The topological polar surface area (TPSA) is 49.0 Å². The summed E-state index contributed by atoms with van der Waals surface area (Å²) >= 11 is 0. The number of fused-ring (bicyclic) bond motifs is 7. The lowest BCUT2D eigenvalue weighted by atomic mass is 9.88. The van der Waals surface area contributed by atoms with E-state index in [1.807, 2.05) is 24.4 Å². The molecular weight excluding hydrogens is 1270 g/mol. The minimum atomic E-state index is -2.98. The number of para-hydroxylation sites is 4. The fourth-order valence-electron chi connectivity index (χ4n) is 16.0. The Balaban J connectivity index is 0.826. The van der Waals surface area contributed by atoms with E-state index in [1.165, 1.54) is 47.1 Å². The van der Waals surface area contributed by atoms with Gasteiger partial charge in [-0.1, -0.05) is 318 Å². The zero-order valence-electron chi connectivity index (χ0n) is 56.8. The minimum absolute atomic E-state index is 0.0954. The van der Waals surface area contributed by atoms with Gasteiger partial charge in [0.2, 0.25) is 0 Å². The van der Waals surface area contributed by atoms with Crippen molar-refractivity contribution < 1.29 is 13.7 Å². The van der Waals surface area contributed by atoms with Crippen LogP contribution in [-0.4, -0.2) is 30.3 Å². The van der Waals surface area contributed by atoms with E-state index in [-0.39, 0.29) is 5.41 Å². The van der Waals surface area contributed by atoms with Crippen LogP contribution < -0.4 is 50.8 Å². The first kappa shape index (κ1) is 61.8. The fraction of sp³-hybridized carbons (Fsp3) is 0.0426. The van der Waals surface area contributed by atoms with Crippen molar-refractivity contribution in [3.63, 3.8) is 0 Å². The van der Waals surface area contributed by atoms with E-state index < -0.39 is 16.1 Å². The molecule has 14 aromatic carbocycles. The average molecular weight is 1340 g/mol. The summed E-state index contributed by atoms with van der Waals surface area (Å²) in [6.07, 6.45) is 5.99. The zero-order valence-corrected chi connectivity index (χ0v) is 58.8. The lowest BCUT2D eigenvalue weighted by molar-refractivity contribution is -0.571. The Morgan fingerprint density at radius 1 is 0.363 bits per heavy atom. The molecule has 18 aromatic rings. The molecule has 0 bridgehead atoms. The van der Waals surface area contributed by atoms with E-state index in [4.69, 9.17) is 14.1 Å². The van der Waals surface area contributed by atoms with Crippen LogP contribution in [0.2, 0.25) is 0 Å². The van der Waals surface area contributed by atoms with E-state index in [1.54, 1.807) is 0 Å². The number of pyridine rings is 1. The molecular formula is C94H70N4O2Si2. The van der Waals surface area contributed by atoms with Crippen LogP contribution in [-0.2, 0) is 5.41 Å². The monoisotopic (exact) mass is 1340 g/mol. The maximum absolute atomic E-state index is 7.08. The molecule has 4 aromatic heterocycles. The smallest absolute Gasteiger partial charge is 0.269 e.